The lowest BCUT2D eigenvalue weighted by atomic mass is 9.97. The predicted molar refractivity (Wildman–Crippen MR) is 92.1 cm³/mol. The third-order valence-electron chi connectivity index (χ3n) is 3.87. The van der Waals surface area contributed by atoms with Crippen molar-refractivity contribution in [1.29, 1.82) is 0 Å². The van der Waals surface area contributed by atoms with Crippen LogP contribution in [0.2, 0.25) is 0 Å². The van der Waals surface area contributed by atoms with Gasteiger partial charge in [-0.3, -0.25) is 9.59 Å². The summed E-state index contributed by atoms with van der Waals surface area (Å²) in [7, 11) is 3.93. The number of hydrogen-bond acceptors (Lipinski definition) is 4. The van der Waals surface area contributed by atoms with Gasteiger partial charge in [0.2, 0.25) is 0 Å². The fourth-order valence-corrected chi connectivity index (χ4v) is 3.06. The van der Waals surface area contributed by atoms with E-state index in [-0.39, 0.29) is 11.4 Å². The van der Waals surface area contributed by atoms with Crippen molar-refractivity contribution in [2.45, 2.75) is 19.4 Å². The van der Waals surface area contributed by atoms with Gasteiger partial charge in [0.15, 0.2) is 11.5 Å². The van der Waals surface area contributed by atoms with Gasteiger partial charge < -0.3 is 14.9 Å². The number of halogens is 1. The molecule has 1 heterocycles. The van der Waals surface area contributed by atoms with Crippen molar-refractivity contribution in [3.8, 4) is 0 Å². The quantitative estimate of drug-likeness (QED) is 0.823. The number of rotatable bonds is 6. The summed E-state index contributed by atoms with van der Waals surface area (Å²) >= 11 is 3.38. The van der Waals surface area contributed by atoms with Crippen LogP contribution in [0.5, 0.6) is 0 Å². The Morgan fingerprint density at radius 3 is 2.43 bits per heavy atom. The number of benzene rings is 1. The molecule has 6 heteroatoms. The van der Waals surface area contributed by atoms with Gasteiger partial charge in [-0.05, 0) is 51.7 Å². The molecule has 0 radical (unpaired) electrons. The van der Waals surface area contributed by atoms with Crippen molar-refractivity contribution in [2.75, 3.05) is 27.2 Å². The smallest absolute Gasteiger partial charge is 0.290 e. The molecule has 0 aliphatic carbocycles. The zero-order chi connectivity index (χ0) is 17.1. The Kier molecular flexibility index (Phi) is 5.59. The van der Waals surface area contributed by atoms with Gasteiger partial charge in [-0.25, -0.2) is 0 Å². The number of nitrogens with zero attached hydrogens (tertiary/aromatic N) is 2. The Labute approximate surface area is 144 Å². The van der Waals surface area contributed by atoms with Crippen LogP contribution in [0.25, 0.3) is 0 Å². The van der Waals surface area contributed by atoms with Crippen LogP contribution >= 0.6 is 15.9 Å². The summed E-state index contributed by atoms with van der Waals surface area (Å²) in [4.78, 5) is 28.0. The second kappa shape index (κ2) is 7.27. The van der Waals surface area contributed by atoms with E-state index in [9.17, 15) is 14.7 Å². The van der Waals surface area contributed by atoms with Gasteiger partial charge in [0.05, 0.1) is 11.6 Å². The fraction of sp³-hybridized carbons (Fsp3) is 0.412. The average Bonchev–Trinajstić information content (AvgIpc) is 2.72. The Morgan fingerprint density at radius 1 is 1.30 bits per heavy atom. The van der Waals surface area contributed by atoms with Crippen LogP contribution in [0.4, 0.5) is 0 Å². The van der Waals surface area contributed by atoms with Crippen molar-refractivity contribution in [1.82, 2.24) is 9.80 Å². The summed E-state index contributed by atoms with van der Waals surface area (Å²) in [6.07, 6.45) is 0.768. The molecule has 1 aliphatic heterocycles. The number of carbonyl (C=O) groups is 2. The van der Waals surface area contributed by atoms with Crippen molar-refractivity contribution in [2.24, 2.45) is 0 Å². The van der Waals surface area contributed by atoms with Crippen molar-refractivity contribution in [3.05, 3.63) is 45.6 Å². The zero-order valence-corrected chi connectivity index (χ0v) is 15.1. The Hall–Kier alpha value is -1.66. The fourth-order valence-electron chi connectivity index (χ4n) is 2.79. The Morgan fingerprint density at radius 2 is 1.91 bits per heavy atom. The highest BCUT2D eigenvalue weighted by Gasteiger charge is 2.41. The minimum Gasteiger partial charge on any atom is -0.503 e. The number of amides is 1. The largest absolute Gasteiger partial charge is 0.503 e. The molecule has 23 heavy (non-hydrogen) atoms. The molecule has 0 saturated carbocycles. The van der Waals surface area contributed by atoms with Crippen molar-refractivity contribution in [3.63, 3.8) is 0 Å². The van der Waals surface area contributed by atoms with Crippen LogP contribution in [0.15, 0.2) is 40.1 Å². The van der Waals surface area contributed by atoms with E-state index in [0.717, 1.165) is 23.0 Å². The first-order chi connectivity index (χ1) is 10.8. The van der Waals surface area contributed by atoms with E-state index >= 15 is 0 Å². The first kappa shape index (κ1) is 17.7. The molecule has 0 spiro atoms. The van der Waals surface area contributed by atoms with E-state index in [1.165, 1.54) is 6.92 Å². The molecule has 1 atom stereocenters. The van der Waals surface area contributed by atoms with Crippen LogP contribution in [0.1, 0.15) is 24.9 Å². The highest BCUT2D eigenvalue weighted by Crippen LogP contribution is 2.37. The molecule has 0 aromatic heterocycles. The van der Waals surface area contributed by atoms with Crippen molar-refractivity contribution >= 4 is 27.6 Å². The topological polar surface area (TPSA) is 60.9 Å². The molecular weight excluding hydrogens is 360 g/mol. The van der Waals surface area contributed by atoms with Crippen LogP contribution in [-0.2, 0) is 9.59 Å². The first-order valence-electron chi connectivity index (χ1n) is 7.48. The standard InChI is InChI=1S/C17H21BrN2O3/c1-11(21)14-15(12-5-7-13(18)8-6-12)20(17(23)16(14)22)10-4-9-19(2)3/h5-8,15,22H,4,9-10H2,1-3H3/t15-/m1/s1. The molecule has 0 unspecified atom stereocenters. The summed E-state index contributed by atoms with van der Waals surface area (Å²) in [5.74, 6) is -1.17. The number of aliphatic hydroxyl groups excluding tert-OH is 1. The number of aliphatic hydroxyl groups is 1. The highest BCUT2D eigenvalue weighted by atomic mass is 79.9. The average molecular weight is 381 g/mol. The predicted octanol–water partition coefficient (Wildman–Crippen LogP) is 2.69. The van der Waals surface area contributed by atoms with Gasteiger partial charge in [-0.1, -0.05) is 28.1 Å². The normalized spacial score (nSPS) is 18.2. The second-order valence-electron chi connectivity index (χ2n) is 5.93. The third kappa shape index (κ3) is 3.82. The van der Waals surface area contributed by atoms with Crippen LogP contribution in [0, 0.1) is 0 Å². The van der Waals surface area contributed by atoms with Gasteiger partial charge >= 0.3 is 0 Å². The number of Topliss-reactive ketones (excluding diaryl/α,β-unsaturated/α-hetero) is 1. The summed E-state index contributed by atoms with van der Waals surface area (Å²) in [5.41, 5.74) is 1.00. The van der Waals surface area contributed by atoms with E-state index in [4.69, 9.17) is 0 Å². The molecule has 1 aliphatic rings. The van der Waals surface area contributed by atoms with E-state index in [2.05, 4.69) is 15.9 Å². The van der Waals surface area contributed by atoms with E-state index in [1.54, 1.807) is 4.90 Å². The number of hydrogen-bond donors (Lipinski definition) is 1. The monoisotopic (exact) mass is 380 g/mol. The Balaban J connectivity index is 2.34. The van der Waals surface area contributed by atoms with E-state index in [0.29, 0.717) is 6.54 Å². The summed E-state index contributed by atoms with van der Waals surface area (Å²) in [6, 6.07) is 6.94. The zero-order valence-electron chi connectivity index (χ0n) is 13.5. The molecule has 0 fully saturated rings. The van der Waals surface area contributed by atoms with Crippen LogP contribution < -0.4 is 0 Å². The maximum Gasteiger partial charge on any atom is 0.290 e. The number of ketones is 1. The summed E-state index contributed by atoms with van der Waals surface area (Å²) < 4.78 is 0.919. The molecule has 1 amide bonds. The minimum atomic E-state index is -0.518. The first-order valence-corrected chi connectivity index (χ1v) is 8.27. The lowest BCUT2D eigenvalue weighted by Crippen LogP contribution is -2.33. The molecule has 1 aromatic rings. The van der Waals surface area contributed by atoms with Gasteiger partial charge in [0.25, 0.3) is 5.91 Å². The second-order valence-corrected chi connectivity index (χ2v) is 6.84. The molecule has 124 valence electrons. The summed E-state index contributed by atoms with van der Waals surface area (Å²) in [5, 5.41) is 10.1. The minimum absolute atomic E-state index is 0.183. The molecule has 0 bridgehead atoms. The molecular formula is C17H21BrN2O3. The number of carbonyl (C=O) groups excluding carboxylic acids is 2. The summed E-state index contributed by atoms with van der Waals surface area (Å²) in [6.45, 7) is 2.69. The molecule has 1 aromatic carbocycles. The molecule has 1 N–H and O–H groups in total. The van der Waals surface area contributed by atoms with Crippen LogP contribution in [-0.4, -0.2) is 53.8 Å². The van der Waals surface area contributed by atoms with Gasteiger partial charge in [0.1, 0.15) is 0 Å². The van der Waals surface area contributed by atoms with Gasteiger partial charge in [-0.15, -0.1) is 0 Å². The molecule has 2 rings (SSSR count). The van der Waals surface area contributed by atoms with E-state index in [1.807, 2.05) is 43.3 Å². The maximum absolute atomic E-state index is 12.4. The lowest BCUT2D eigenvalue weighted by molar-refractivity contribution is -0.129. The highest BCUT2D eigenvalue weighted by molar-refractivity contribution is 9.10. The SMILES string of the molecule is CC(=O)C1=C(O)C(=O)N(CCCN(C)C)[C@@H]1c1ccc(Br)cc1. The molecule has 0 saturated heterocycles. The van der Waals surface area contributed by atoms with E-state index < -0.39 is 17.7 Å². The Bertz CT molecular complexity index is 638. The maximum atomic E-state index is 12.4. The third-order valence-corrected chi connectivity index (χ3v) is 4.40. The van der Waals surface area contributed by atoms with Crippen LogP contribution in [0.3, 0.4) is 0 Å². The van der Waals surface area contributed by atoms with Gasteiger partial charge in [0, 0.05) is 11.0 Å². The van der Waals surface area contributed by atoms with Crippen molar-refractivity contribution < 1.29 is 14.7 Å². The van der Waals surface area contributed by atoms with Gasteiger partial charge in [-0.2, -0.15) is 0 Å². The lowest BCUT2D eigenvalue weighted by Gasteiger charge is -2.27. The molecule has 5 nitrogen and oxygen atoms in total.